The van der Waals surface area contributed by atoms with E-state index in [1.54, 1.807) is 43.5 Å². The maximum atomic E-state index is 13.0. The van der Waals surface area contributed by atoms with Crippen LogP contribution >= 0.6 is 11.8 Å². The fourth-order valence-corrected chi connectivity index (χ4v) is 3.98. The molecule has 0 aliphatic heterocycles. The largest absolute Gasteiger partial charge is 0.539 e. The van der Waals surface area contributed by atoms with Crippen LogP contribution in [0, 0.1) is 11.3 Å². The number of hydrogen-bond acceptors (Lipinski definition) is 9. The Kier molecular flexibility index (Phi) is 6.75. The standard InChI is InChI=1S/C24H18N4O5S/c1-31-18-8-3-15(4-9-18)20-12-5-16(13-25)23(26-20)34-14-21(29)22-24(30)33-27-28(22)17-6-10-19(32-2)11-7-17/h3-12H,14H2,1-2H3. The Morgan fingerprint density at radius 3 is 2.32 bits per heavy atom. The van der Waals surface area contributed by atoms with E-state index >= 15 is 0 Å². The van der Waals surface area contributed by atoms with Crippen LogP contribution in [-0.2, 0) is 0 Å². The van der Waals surface area contributed by atoms with E-state index in [4.69, 9.17) is 14.0 Å². The maximum absolute atomic E-state index is 13.0. The quantitative estimate of drug-likeness (QED) is 0.215. The van der Waals surface area contributed by atoms with E-state index in [-0.39, 0.29) is 11.4 Å². The topological polar surface area (TPSA) is 125 Å². The number of benzene rings is 2. The Hall–Kier alpha value is -4.36. The number of Topliss-reactive ketones (excluding diaryl/α,β-unsaturated/α-hetero) is 1. The average molecular weight is 474 g/mol. The van der Waals surface area contributed by atoms with E-state index in [1.165, 1.54) is 7.11 Å². The highest BCUT2D eigenvalue weighted by Crippen LogP contribution is 2.27. The number of ether oxygens (including phenoxy) is 2. The van der Waals surface area contributed by atoms with Gasteiger partial charge in [0.05, 0.1) is 36.5 Å². The number of aromatic nitrogens is 3. The van der Waals surface area contributed by atoms with Crippen molar-refractivity contribution in [1.29, 1.82) is 5.26 Å². The molecule has 4 aromatic rings. The molecule has 4 rings (SSSR count). The molecule has 10 heteroatoms. The number of pyridine rings is 1. The van der Waals surface area contributed by atoms with Crippen LogP contribution in [0.1, 0.15) is 16.1 Å². The number of hydrogen-bond donors (Lipinski definition) is 0. The van der Waals surface area contributed by atoms with Crippen LogP contribution in [0.25, 0.3) is 16.9 Å². The molecule has 0 aliphatic rings. The molecule has 0 fully saturated rings. The number of ketones is 1. The summed E-state index contributed by atoms with van der Waals surface area (Å²) < 4.78 is 16.2. The Bertz CT molecular complexity index is 1360. The van der Waals surface area contributed by atoms with Gasteiger partial charge in [-0.1, -0.05) is 11.8 Å². The molecule has 2 aromatic heterocycles. The van der Waals surface area contributed by atoms with Crippen molar-refractivity contribution >= 4 is 17.5 Å². The zero-order valence-corrected chi connectivity index (χ0v) is 19.0. The average Bonchev–Trinajstić information content (AvgIpc) is 3.28. The normalized spacial score (nSPS) is 10.5. The number of thioether (sulfide) groups is 1. The second-order valence-corrected chi connectivity index (χ2v) is 7.88. The van der Waals surface area contributed by atoms with Crippen LogP contribution in [0.4, 0.5) is 0 Å². The highest BCUT2D eigenvalue weighted by Gasteiger charge is 2.28. The van der Waals surface area contributed by atoms with Crippen LogP contribution in [0.2, 0.25) is 0 Å². The number of rotatable bonds is 8. The lowest BCUT2D eigenvalue weighted by Crippen LogP contribution is -2.39. The molecule has 0 saturated heterocycles. The first kappa shape index (κ1) is 22.8. The van der Waals surface area contributed by atoms with Crippen LogP contribution in [-0.4, -0.2) is 36.0 Å². The molecule has 0 aliphatic carbocycles. The molecular weight excluding hydrogens is 456 g/mol. The van der Waals surface area contributed by atoms with Crippen molar-refractivity contribution in [2.24, 2.45) is 0 Å². The summed E-state index contributed by atoms with van der Waals surface area (Å²) in [6.07, 6.45) is 0. The van der Waals surface area contributed by atoms with Gasteiger partial charge in [0.15, 0.2) is 5.95 Å². The van der Waals surface area contributed by atoms with Gasteiger partial charge in [-0.05, 0) is 53.2 Å². The van der Waals surface area contributed by atoms with Gasteiger partial charge in [0.2, 0.25) is 11.5 Å². The molecule has 2 aromatic carbocycles. The minimum absolute atomic E-state index is 0.139. The van der Waals surface area contributed by atoms with E-state index in [2.05, 4.69) is 16.3 Å². The number of nitriles is 1. The first-order chi connectivity index (χ1) is 16.5. The van der Waals surface area contributed by atoms with Crippen molar-refractivity contribution in [3.8, 4) is 40.5 Å². The highest BCUT2D eigenvalue weighted by atomic mass is 32.2. The van der Waals surface area contributed by atoms with Crippen LogP contribution in [0.15, 0.2) is 70.2 Å². The summed E-state index contributed by atoms with van der Waals surface area (Å²) in [4.78, 5) is 17.5. The predicted molar refractivity (Wildman–Crippen MR) is 120 cm³/mol. The third kappa shape index (κ3) is 4.69. The summed E-state index contributed by atoms with van der Waals surface area (Å²) in [7, 11) is 3.12. The number of carbonyl (C=O) groups is 1. The molecule has 0 saturated carbocycles. The Morgan fingerprint density at radius 2 is 1.71 bits per heavy atom. The van der Waals surface area contributed by atoms with Crippen molar-refractivity contribution in [3.63, 3.8) is 0 Å². The van der Waals surface area contributed by atoms with Gasteiger partial charge < -0.3 is 19.1 Å². The van der Waals surface area contributed by atoms with E-state index in [1.807, 2.05) is 24.3 Å². The number of nitrogens with zero attached hydrogens (tertiary/aromatic N) is 4. The molecule has 0 spiro atoms. The summed E-state index contributed by atoms with van der Waals surface area (Å²) in [5.74, 6) is -0.162. The second-order valence-electron chi connectivity index (χ2n) is 6.92. The fourth-order valence-electron chi connectivity index (χ4n) is 3.14. The minimum atomic E-state index is -0.845. The Morgan fingerprint density at radius 1 is 1.06 bits per heavy atom. The van der Waals surface area contributed by atoms with Gasteiger partial charge in [-0.3, -0.25) is 4.79 Å². The van der Waals surface area contributed by atoms with Crippen molar-refractivity contribution in [2.75, 3.05) is 20.0 Å². The van der Waals surface area contributed by atoms with Crippen molar-refractivity contribution in [1.82, 2.24) is 10.3 Å². The lowest BCUT2D eigenvalue weighted by molar-refractivity contribution is -0.672. The summed E-state index contributed by atoms with van der Waals surface area (Å²) in [5, 5.41) is 25.8. The van der Waals surface area contributed by atoms with E-state index in [0.717, 1.165) is 22.0 Å². The molecule has 0 bridgehead atoms. The van der Waals surface area contributed by atoms with Crippen molar-refractivity contribution in [2.45, 2.75) is 5.03 Å². The lowest BCUT2D eigenvalue weighted by atomic mass is 10.1. The molecule has 0 atom stereocenters. The minimum Gasteiger partial charge on any atom is -0.539 e. The fraction of sp³-hybridized carbons (Fsp3) is 0.125. The van der Waals surface area contributed by atoms with Gasteiger partial charge in [-0.25, -0.2) is 4.98 Å². The molecule has 0 unspecified atom stereocenters. The molecule has 0 N–H and O–H groups in total. The van der Waals surface area contributed by atoms with Gasteiger partial charge in [0, 0.05) is 17.7 Å². The van der Waals surface area contributed by atoms with Gasteiger partial charge in [0.1, 0.15) is 22.6 Å². The molecule has 0 radical (unpaired) electrons. The third-order valence-corrected chi connectivity index (χ3v) is 5.89. The molecular formula is C24H18N4O5S. The van der Waals surface area contributed by atoms with Gasteiger partial charge >= 0.3 is 5.69 Å². The van der Waals surface area contributed by atoms with E-state index in [0.29, 0.717) is 33.5 Å². The first-order valence-corrected chi connectivity index (χ1v) is 11.0. The monoisotopic (exact) mass is 474 g/mol. The Labute approximate surface area is 199 Å². The van der Waals surface area contributed by atoms with Crippen molar-refractivity contribution < 1.29 is 28.6 Å². The number of methoxy groups -OCH3 is 2. The highest BCUT2D eigenvalue weighted by molar-refractivity contribution is 8.00. The molecule has 170 valence electrons. The van der Waals surface area contributed by atoms with Crippen LogP contribution in [0.5, 0.6) is 17.4 Å². The lowest BCUT2D eigenvalue weighted by Gasteiger charge is -2.07. The second kappa shape index (κ2) is 10.1. The Balaban J connectivity index is 1.57. The summed E-state index contributed by atoms with van der Waals surface area (Å²) in [5.41, 5.74) is 2.04. The summed E-state index contributed by atoms with van der Waals surface area (Å²) >= 11 is 1.06. The summed E-state index contributed by atoms with van der Waals surface area (Å²) in [6.45, 7) is 0. The van der Waals surface area contributed by atoms with Gasteiger partial charge in [-0.15, -0.1) is 0 Å². The molecule has 2 heterocycles. The number of carbonyl (C=O) groups excluding carboxylic acids is 1. The third-order valence-electron chi connectivity index (χ3n) is 4.90. The van der Waals surface area contributed by atoms with Crippen LogP contribution < -0.4 is 19.3 Å². The summed E-state index contributed by atoms with van der Waals surface area (Å²) in [6, 6.07) is 19.5. The zero-order valence-electron chi connectivity index (χ0n) is 18.2. The van der Waals surface area contributed by atoms with Gasteiger partial charge in [0.25, 0.3) is 0 Å². The smallest absolute Gasteiger partial charge is 0.307 e. The van der Waals surface area contributed by atoms with Gasteiger partial charge in [-0.2, -0.15) is 5.26 Å². The van der Waals surface area contributed by atoms with Crippen molar-refractivity contribution in [3.05, 3.63) is 71.9 Å². The molecule has 9 nitrogen and oxygen atoms in total. The van der Waals surface area contributed by atoms with E-state index < -0.39 is 11.7 Å². The van der Waals surface area contributed by atoms with Crippen LogP contribution in [0.3, 0.4) is 0 Å². The predicted octanol–water partition coefficient (Wildman–Crippen LogP) is 2.95. The maximum Gasteiger partial charge on any atom is 0.307 e. The molecule has 0 amide bonds. The first-order valence-electron chi connectivity index (χ1n) is 9.99. The zero-order chi connectivity index (χ0) is 24.1. The molecule has 34 heavy (non-hydrogen) atoms. The SMILES string of the molecule is COc1ccc(-c2ccc(C#N)c(SCC(=O)c3c([O-])on[n+]3-c3ccc(OC)cc3)n2)cc1. The van der Waals surface area contributed by atoms with E-state index in [9.17, 15) is 15.2 Å².